The second-order valence-corrected chi connectivity index (χ2v) is 9.17. The van der Waals surface area contributed by atoms with Crippen LogP contribution in [-0.4, -0.2) is 79.7 Å². The molecule has 2 aliphatic heterocycles. The monoisotopic (exact) mass is 457 g/mol. The molecule has 0 aliphatic carbocycles. The zero-order valence-electron chi connectivity index (χ0n) is 18.4. The summed E-state index contributed by atoms with van der Waals surface area (Å²) in [7, 11) is 2.14. The molecule has 0 unspecified atom stereocenters. The lowest BCUT2D eigenvalue weighted by Gasteiger charge is -2.34. The quantitative estimate of drug-likeness (QED) is 0.568. The average Bonchev–Trinajstić information content (AvgIpc) is 2.81. The van der Waals surface area contributed by atoms with Crippen LogP contribution >= 0.6 is 11.8 Å². The number of nitrogens with zero attached hydrogens (tertiary/aromatic N) is 4. The predicted octanol–water partition coefficient (Wildman–Crippen LogP) is 1.41. The number of likely N-dealkylation sites (N-methyl/N-ethyl adjacent to an activating group) is 1. The molecule has 2 fully saturated rings. The number of anilines is 2. The number of nitrogens with one attached hydrogen (secondary N) is 2. The van der Waals surface area contributed by atoms with Crippen LogP contribution in [0.5, 0.6) is 5.88 Å². The number of ether oxygens (including phenoxy) is 1. The molecule has 32 heavy (non-hydrogen) atoms. The number of aromatic nitrogens is 2. The Kier molecular flexibility index (Phi) is 7.80. The lowest BCUT2D eigenvalue weighted by molar-refractivity contribution is -0.114. The highest BCUT2D eigenvalue weighted by atomic mass is 32.2. The van der Waals surface area contributed by atoms with Crippen LogP contribution in [0.2, 0.25) is 0 Å². The summed E-state index contributed by atoms with van der Waals surface area (Å²) < 4.78 is 6.38. The maximum atomic E-state index is 11.6. The van der Waals surface area contributed by atoms with E-state index < -0.39 is 0 Å². The predicted molar refractivity (Wildman–Crippen MR) is 127 cm³/mol. The van der Waals surface area contributed by atoms with E-state index in [1.54, 1.807) is 6.20 Å². The minimum Gasteiger partial charge on any atom is -0.472 e. The van der Waals surface area contributed by atoms with Crippen LogP contribution in [0.4, 0.5) is 11.5 Å². The first-order chi connectivity index (χ1) is 15.6. The Hall–Kier alpha value is -2.40. The number of amides is 1. The van der Waals surface area contributed by atoms with Crippen molar-refractivity contribution in [1.29, 1.82) is 0 Å². The van der Waals surface area contributed by atoms with E-state index in [2.05, 4.69) is 27.5 Å². The lowest BCUT2D eigenvalue weighted by Crippen LogP contribution is -2.45. The van der Waals surface area contributed by atoms with Crippen LogP contribution in [0.1, 0.15) is 12.8 Å². The molecule has 4 rings (SSSR count). The summed E-state index contributed by atoms with van der Waals surface area (Å²) in [6, 6.07) is 7.62. The molecule has 4 N–H and O–H groups in total. The molecule has 0 spiro atoms. The smallest absolute Gasteiger partial charge is 0.259 e. The first-order valence-electron chi connectivity index (χ1n) is 11.1. The van der Waals surface area contributed by atoms with E-state index in [1.165, 1.54) is 11.8 Å². The first-order valence-corrected chi connectivity index (χ1v) is 11.9. The van der Waals surface area contributed by atoms with E-state index in [1.807, 2.05) is 24.3 Å². The molecule has 0 saturated carbocycles. The normalized spacial score (nSPS) is 17.9. The summed E-state index contributed by atoms with van der Waals surface area (Å²) >= 11 is 1.49. The van der Waals surface area contributed by atoms with E-state index >= 15 is 0 Å². The van der Waals surface area contributed by atoms with E-state index in [-0.39, 0.29) is 18.6 Å². The topological polar surface area (TPSA) is 109 Å². The fourth-order valence-corrected chi connectivity index (χ4v) is 4.56. The van der Waals surface area contributed by atoms with Crippen LogP contribution in [0.25, 0.3) is 0 Å². The van der Waals surface area contributed by atoms with E-state index in [0.717, 1.165) is 67.8 Å². The third kappa shape index (κ3) is 6.10. The maximum absolute atomic E-state index is 11.6. The van der Waals surface area contributed by atoms with E-state index in [9.17, 15) is 4.79 Å². The second kappa shape index (κ2) is 11.0. The van der Waals surface area contributed by atoms with Crippen molar-refractivity contribution < 1.29 is 9.53 Å². The number of carbonyl (C=O) groups excluding carboxylic acids is 1. The third-order valence-electron chi connectivity index (χ3n) is 5.59. The van der Waals surface area contributed by atoms with Gasteiger partial charge in [0.2, 0.25) is 5.91 Å². The summed E-state index contributed by atoms with van der Waals surface area (Å²) in [5.41, 5.74) is 6.11. The van der Waals surface area contributed by atoms with Crippen LogP contribution in [-0.2, 0) is 4.79 Å². The highest BCUT2D eigenvalue weighted by Gasteiger charge is 2.24. The number of hydrogen-bond donors (Lipinski definition) is 3. The van der Waals surface area contributed by atoms with Crippen molar-refractivity contribution in [2.45, 2.75) is 28.9 Å². The molecule has 2 aliphatic rings. The number of carbonyl (C=O) groups is 1. The molecular weight excluding hydrogens is 426 g/mol. The SMILES string of the molecule is CN1CCN(c2ncc(Sc3cccc(NC(=O)CN)c3)nc2OC2CCNCC2)CC1. The molecule has 1 aromatic carbocycles. The van der Waals surface area contributed by atoms with Crippen LogP contribution < -0.4 is 26.0 Å². The second-order valence-electron chi connectivity index (χ2n) is 8.08. The Labute approximate surface area is 193 Å². The summed E-state index contributed by atoms with van der Waals surface area (Å²) in [5.74, 6) is 1.21. The van der Waals surface area contributed by atoms with Gasteiger partial charge in [-0.05, 0) is 51.2 Å². The van der Waals surface area contributed by atoms with Gasteiger partial charge < -0.3 is 30.9 Å². The third-order valence-corrected chi connectivity index (χ3v) is 6.49. The molecule has 172 valence electrons. The van der Waals surface area contributed by atoms with Gasteiger partial charge in [0.05, 0.1) is 12.7 Å². The summed E-state index contributed by atoms with van der Waals surface area (Å²) in [5, 5.41) is 6.92. The van der Waals surface area contributed by atoms with Gasteiger partial charge in [0.1, 0.15) is 11.1 Å². The molecule has 0 atom stereocenters. The highest BCUT2D eigenvalue weighted by Crippen LogP contribution is 2.33. The van der Waals surface area contributed by atoms with Crippen LogP contribution in [0, 0.1) is 0 Å². The van der Waals surface area contributed by atoms with Gasteiger partial charge >= 0.3 is 0 Å². The van der Waals surface area contributed by atoms with Gasteiger partial charge in [-0.1, -0.05) is 17.8 Å². The zero-order valence-corrected chi connectivity index (χ0v) is 19.2. The van der Waals surface area contributed by atoms with Gasteiger partial charge in [-0.3, -0.25) is 4.79 Å². The van der Waals surface area contributed by atoms with Gasteiger partial charge in [0, 0.05) is 36.8 Å². The minimum absolute atomic E-state index is 0.0476. The molecular formula is C22H31N7O2S. The molecule has 3 heterocycles. The maximum Gasteiger partial charge on any atom is 0.259 e. The average molecular weight is 458 g/mol. The Morgan fingerprint density at radius 3 is 2.81 bits per heavy atom. The van der Waals surface area contributed by atoms with Gasteiger partial charge in [0.25, 0.3) is 5.88 Å². The van der Waals surface area contributed by atoms with E-state index in [4.69, 9.17) is 20.4 Å². The number of piperazine rings is 1. The number of piperidine rings is 1. The van der Waals surface area contributed by atoms with Gasteiger partial charge in [-0.15, -0.1) is 0 Å². The number of hydrogen-bond acceptors (Lipinski definition) is 9. The number of nitrogens with two attached hydrogens (primary N) is 1. The van der Waals surface area contributed by atoms with Crippen molar-refractivity contribution in [3.8, 4) is 5.88 Å². The molecule has 10 heteroatoms. The van der Waals surface area contributed by atoms with Crippen LogP contribution in [0.3, 0.4) is 0 Å². The van der Waals surface area contributed by atoms with Gasteiger partial charge in [-0.25, -0.2) is 9.97 Å². The van der Waals surface area contributed by atoms with Crippen molar-refractivity contribution in [3.63, 3.8) is 0 Å². The summed E-state index contributed by atoms with van der Waals surface area (Å²) in [6.45, 7) is 5.66. The number of rotatable bonds is 7. The Balaban J connectivity index is 1.54. The highest BCUT2D eigenvalue weighted by molar-refractivity contribution is 7.99. The van der Waals surface area contributed by atoms with Gasteiger partial charge in [-0.2, -0.15) is 0 Å². The Bertz CT molecular complexity index is 915. The Morgan fingerprint density at radius 1 is 1.28 bits per heavy atom. The molecule has 0 radical (unpaired) electrons. The molecule has 2 aromatic rings. The molecule has 9 nitrogen and oxygen atoms in total. The van der Waals surface area contributed by atoms with Crippen molar-refractivity contribution >= 4 is 29.2 Å². The fourth-order valence-electron chi connectivity index (χ4n) is 3.76. The van der Waals surface area contributed by atoms with Crippen molar-refractivity contribution in [2.75, 3.05) is 63.1 Å². The van der Waals surface area contributed by atoms with E-state index in [0.29, 0.717) is 11.6 Å². The molecule has 1 amide bonds. The molecule has 2 saturated heterocycles. The molecule has 0 bridgehead atoms. The zero-order chi connectivity index (χ0) is 22.3. The lowest BCUT2D eigenvalue weighted by atomic mass is 10.1. The summed E-state index contributed by atoms with van der Waals surface area (Å²) in [6.07, 6.45) is 3.87. The van der Waals surface area contributed by atoms with Crippen LogP contribution in [0.15, 0.2) is 40.4 Å². The number of benzene rings is 1. The standard InChI is InChI=1S/C22H31N7O2S/c1-28-9-11-29(12-10-28)21-22(31-17-5-7-24-8-6-17)27-20(15-25-21)32-18-4-2-3-16(13-18)26-19(30)14-23/h2-4,13,15,17,24H,5-12,14,23H2,1H3,(H,26,30). The van der Waals surface area contributed by atoms with Crippen molar-refractivity contribution in [3.05, 3.63) is 30.5 Å². The van der Waals surface area contributed by atoms with Crippen molar-refractivity contribution in [1.82, 2.24) is 20.2 Å². The van der Waals surface area contributed by atoms with Crippen molar-refractivity contribution in [2.24, 2.45) is 5.73 Å². The van der Waals surface area contributed by atoms with Gasteiger partial charge in [0.15, 0.2) is 5.82 Å². The minimum atomic E-state index is -0.221. The molecule has 1 aromatic heterocycles. The fraction of sp³-hybridized carbons (Fsp3) is 0.500. The first kappa shape index (κ1) is 22.8. The Morgan fingerprint density at radius 2 is 2.06 bits per heavy atom. The summed E-state index contributed by atoms with van der Waals surface area (Å²) in [4.78, 5) is 26.8. The largest absolute Gasteiger partial charge is 0.472 e.